The molecule has 3 rings (SSSR count). The summed E-state index contributed by atoms with van der Waals surface area (Å²) in [5, 5.41) is 3.33. The number of hydrogen-bond acceptors (Lipinski definition) is 4. The van der Waals surface area contributed by atoms with Crippen LogP contribution >= 0.6 is 0 Å². The molecule has 4 nitrogen and oxygen atoms in total. The highest BCUT2D eigenvalue weighted by molar-refractivity contribution is 5.56. The van der Waals surface area contributed by atoms with E-state index in [1.165, 1.54) is 12.1 Å². The SMILES string of the molecule is CC(NCc1ncc(-c2cccc(F)c2)o1)c1ccncc1. The summed E-state index contributed by atoms with van der Waals surface area (Å²) in [5.74, 6) is 0.841. The summed E-state index contributed by atoms with van der Waals surface area (Å²) < 4.78 is 18.9. The number of nitrogens with zero attached hydrogens (tertiary/aromatic N) is 2. The van der Waals surface area contributed by atoms with Crippen LogP contribution in [0.25, 0.3) is 11.3 Å². The average molecular weight is 297 g/mol. The predicted molar refractivity (Wildman–Crippen MR) is 81.4 cm³/mol. The molecule has 1 atom stereocenters. The molecule has 5 heteroatoms. The third-order valence-corrected chi connectivity index (χ3v) is 3.43. The van der Waals surface area contributed by atoms with Crippen LogP contribution in [0.5, 0.6) is 0 Å². The van der Waals surface area contributed by atoms with Crippen LogP contribution in [0, 0.1) is 5.82 Å². The molecule has 0 amide bonds. The number of pyridine rings is 1. The standard InChI is InChI=1S/C17H16FN3O/c1-12(13-5-7-19-8-6-13)20-11-17-21-10-16(22-17)14-3-2-4-15(18)9-14/h2-10,12,20H,11H2,1H3. The highest BCUT2D eigenvalue weighted by Crippen LogP contribution is 2.21. The van der Waals surface area contributed by atoms with E-state index in [1.54, 1.807) is 30.7 Å². The zero-order valence-electron chi connectivity index (χ0n) is 12.2. The molecule has 1 N–H and O–H groups in total. The lowest BCUT2D eigenvalue weighted by Gasteiger charge is -2.12. The lowest BCUT2D eigenvalue weighted by Crippen LogP contribution is -2.18. The molecule has 0 saturated carbocycles. The second-order valence-electron chi connectivity index (χ2n) is 5.01. The van der Waals surface area contributed by atoms with Crippen molar-refractivity contribution in [3.63, 3.8) is 0 Å². The van der Waals surface area contributed by atoms with Gasteiger partial charge >= 0.3 is 0 Å². The van der Waals surface area contributed by atoms with E-state index in [4.69, 9.17) is 4.42 Å². The summed E-state index contributed by atoms with van der Waals surface area (Å²) in [7, 11) is 0. The molecular weight excluding hydrogens is 281 g/mol. The maximum absolute atomic E-state index is 13.2. The van der Waals surface area contributed by atoms with Crippen molar-refractivity contribution in [2.75, 3.05) is 0 Å². The minimum atomic E-state index is -0.292. The predicted octanol–water partition coefficient (Wildman–Crippen LogP) is 3.73. The molecular formula is C17H16FN3O. The van der Waals surface area contributed by atoms with Crippen molar-refractivity contribution in [1.29, 1.82) is 0 Å². The quantitative estimate of drug-likeness (QED) is 0.779. The Morgan fingerprint density at radius 2 is 2.05 bits per heavy atom. The third-order valence-electron chi connectivity index (χ3n) is 3.43. The lowest BCUT2D eigenvalue weighted by atomic mass is 10.1. The first kappa shape index (κ1) is 14.4. The summed E-state index contributed by atoms with van der Waals surface area (Å²) >= 11 is 0. The molecule has 3 aromatic rings. The Bertz CT molecular complexity index is 742. The Labute approximate surface area is 128 Å². The summed E-state index contributed by atoms with van der Waals surface area (Å²) in [6, 6.07) is 10.4. The molecule has 0 spiro atoms. The molecule has 1 aromatic carbocycles. The van der Waals surface area contributed by atoms with Gasteiger partial charge in [-0.1, -0.05) is 12.1 Å². The van der Waals surface area contributed by atoms with Crippen molar-refractivity contribution in [3.05, 3.63) is 72.3 Å². The van der Waals surface area contributed by atoms with Crippen LogP contribution in [0.2, 0.25) is 0 Å². The number of nitrogens with one attached hydrogen (secondary N) is 1. The molecule has 112 valence electrons. The van der Waals surface area contributed by atoms with E-state index in [1.807, 2.05) is 12.1 Å². The van der Waals surface area contributed by atoms with E-state index >= 15 is 0 Å². The molecule has 1 unspecified atom stereocenters. The molecule has 22 heavy (non-hydrogen) atoms. The first-order valence-electron chi connectivity index (χ1n) is 7.06. The van der Waals surface area contributed by atoms with E-state index < -0.39 is 0 Å². The Kier molecular flexibility index (Phi) is 4.25. The van der Waals surface area contributed by atoms with Gasteiger partial charge < -0.3 is 9.73 Å². The Morgan fingerprint density at radius 1 is 1.23 bits per heavy atom. The maximum Gasteiger partial charge on any atom is 0.208 e. The first-order valence-corrected chi connectivity index (χ1v) is 7.06. The van der Waals surface area contributed by atoms with Crippen molar-refractivity contribution >= 4 is 0 Å². The zero-order valence-corrected chi connectivity index (χ0v) is 12.2. The summed E-state index contributed by atoms with van der Waals surface area (Å²) in [6.45, 7) is 2.56. The van der Waals surface area contributed by atoms with Crippen molar-refractivity contribution in [2.24, 2.45) is 0 Å². The normalized spacial score (nSPS) is 12.3. The van der Waals surface area contributed by atoms with Crippen LogP contribution in [0.15, 0.2) is 59.4 Å². The Morgan fingerprint density at radius 3 is 2.82 bits per heavy atom. The van der Waals surface area contributed by atoms with Gasteiger partial charge in [0.05, 0.1) is 12.7 Å². The monoisotopic (exact) mass is 297 g/mol. The molecule has 0 aliphatic carbocycles. The molecule has 0 aliphatic heterocycles. The van der Waals surface area contributed by atoms with E-state index in [0.29, 0.717) is 23.8 Å². The average Bonchev–Trinajstić information content (AvgIpc) is 3.02. The van der Waals surface area contributed by atoms with Gasteiger partial charge in [-0.05, 0) is 36.8 Å². The first-order chi connectivity index (χ1) is 10.7. The topological polar surface area (TPSA) is 51.0 Å². The molecule has 0 fully saturated rings. The summed E-state index contributed by atoms with van der Waals surface area (Å²) in [5.41, 5.74) is 1.83. The van der Waals surface area contributed by atoms with E-state index in [-0.39, 0.29) is 11.9 Å². The molecule has 0 saturated heterocycles. The van der Waals surface area contributed by atoms with Crippen molar-refractivity contribution < 1.29 is 8.81 Å². The minimum Gasteiger partial charge on any atom is -0.439 e. The lowest BCUT2D eigenvalue weighted by molar-refractivity contribution is 0.454. The third kappa shape index (κ3) is 3.38. The second kappa shape index (κ2) is 6.49. The minimum absolute atomic E-state index is 0.160. The number of rotatable bonds is 5. The number of oxazole rings is 1. The van der Waals surface area contributed by atoms with Crippen LogP contribution in [0.4, 0.5) is 4.39 Å². The van der Waals surface area contributed by atoms with Crippen molar-refractivity contribution in [2.45, 2.75) is 19.5 Å². The number of hydrogen-bond donors (Lipinski definition) is 1. The van der Waals surface area contributed by atoms with Crippen molar-refractivity contribution in [3.8, 4) is 11.3 Å². The Balaban J connectivity index is 1.65. The number of aromatic nitrogens is 2. The largest absolute Gasteiger partial charge is 0.439 e. The molecule has 0 radical (unpaired) electrons. The Hall–Kier alpha value is -2.53. The van der Waals surface area contributed by atoms with Crippen LogP contribution in [0.1, 0.15) is 24.4 Å². The number of halogens is 1. The highest BCUT2D eigenvalue weighted by Gasteiger charge is 2.09. The fraction of sp³-hybridized carbons (Fsp3) is 0.176. The van der Waals surface area contributed by atoms with E-state index in [0.717, 1.165) is 5.56 Å². The molecule has 0 bridgehead atoms. The van der Waals surface area contributed by atoms with E-state index in [9.17, 15) is 4.39 Å². The van der Waals surface area contributed by atoms with Gasteiger partial charge in [-0.15, -0.1) is 0 Å². The van der Waals surface area contributed by atoms with Crippen LogP contribution < -0.4 is 5.32 Å². The fourth-order valence-corrected chi connectivity index (χ4v) is 2.18. The van der Waals surface area contributed by atoms with Gasteiger partial charge in [0, 0.05) is 24.0 Å². The molecule has 2 aromatic heterocycles. The second-order valence-corrected chi connectivity index (χ2v) is 5.01. The maximum atomic E-state index is 13.2. The smallest absolute Gasteiger partial charge is 0.208 e. The van der Waals surface area contributed by atoms with Gasteiger partial charge in [0.25, 0.3) is 0 Å². The zero-order chi connectivity index (χ0) is 15.4. The molecule has 0 aliphatic rings. The molecule has 2 heterocycles. The summed E-state index contributed by atoms with van der Waals surface area (Å²) in [4.78, 5) is 8.22. The van der Waals surface area contributed by atoms with Gasteiger partial charge in [0.1, 0.15) is 5.82 Å². The number of benzene rings is 1. The highest BCUT2D eigenvalue weighted by atomic mass is 19.1. The van der Waals surface area contributed by atoms with Crippen molar-refractivity contribution in [1.82, 2.24) is 15.3 Å². The summed E-state index contributed by atoms with van der Waals surface area (Å²) in [6.07, 6.45) is 5.14. The van der Waals surface area contributed by atoms with Gasteiger partial charge in [-0.3, -0.25) is 4.98 Å². The van der Waals surface area contributed by atoms with Gasteiger partial charge in [0.15, 0.2) is 5.76 Å². The van der Waals surface area contributed by atoms with Gasteiger partial charge in [0.2, 0.25) is 5.89 Å². The van der Waals surface area contributed by atoms with Crippen LogP contribution in [-0.2, 0) is 6.54 Å². The fourth-order valence-electron chi connectivity index (χ4n) is 2.18. The van der Waals surface area contributed by atoms with Gasteiger partial charge in [-0.2, -0.15) is 0 Å². The van der Waals surface area contributed by atoms with Crippen LogP contribution in [0.3, 0.4) is 0 Å². The van der Waals surface area contributed by atoms with Gasteiger partial charge in [-0.25, -0.2) is 9.37 Å². The van der Waals surface area contributed by atoms with E-state index in [2.05, 4.69) is 22.2 Å². The van der Waals surface area contributed by atoms with Crippen LogP contribution in [-0.4, -0.2) is 9.97 Å².